The largest absolute Gasteiger partial charge is 0.370 e. The van der Waals surface area contributed by atoms with Gasteiger partial charge in [-0.15, -0.1) is 0 Å². The molecule has 0 bridgehead atoms. The van der Waals surface area contributed by atoms with E-state index in [9.17, 15) is 0 Å². The van der Waals surface area contributed by atoms with Gasteiger partial charge in [-0.2, -0.15) is 0 Å². The summed E-state index contributed by atoms with van der Waals surface area (Å²) in [5.74, 6) is 0. The van der Waals surface area contributed by atoms with Crippen molar-refractivity contribution >= 4 is 0 Å². The van der Waals surface area contributed by atoms with Crippen molar-refractivity contribution in [3.05, 3.63) is 35.9 Å². The number of ether oxygens (including phenoxy) is 1. The minimum atomic E-state index is -0.0282. The highest BCUT2D eigenvalue weighted by molar-refractivity contribution is 5.20. The molecular formula is C13H18N2O. The first-order valence-electron chi connectivity index (χ1n) is 6.01. The molecule has 1 aromatic rings. The highest BCUT2D eigenvalue weighted by Gasteiger charge is 2.45. The predicted molar refractivity (Wildman–Crippen MR) is 63.5 cm³/mol. The number of nitrogens with one attached hydrogen (secondary N) is 2. The minimum Gasteiger partial charge on any atom is -0.370 e. The van der Waals surface area contributed by atoms with E-state index in [2.05, 4.69) is 41.0 Å². The van der Waals surface area contributed by atoms with Crippen LogP contribution in [0, 0.1) is 0 Å². The quantitative estimate of drug-likeness (QED) is 0.761. The Bertz CT molecular complexity index is 354. The van der Waals surface area contributed by atoms with Crippen LogP contribution in [-0.4, -0.2) is 37.9 Å². The number of benzene rings is 1. The molecule has 0 saturated carbocycles. The number of hydrogen-bond acceptors (Lipinski definition) is 3. The Morgan fingerprint density at radius 3 is 3.06 bits per heavy atom. The third-order valence-corrected chi connectivity index (χ3v) is 3.64. The summed E-state index contributed by atoms with van der Waals surface area (Å²) in [4.78, 5) is 0. The molecule has 3 nitrogen and oxygen atoms in total. The van der Waals surface area contributed by atoms with Crippen molar-refractivity contribution in [1.82, 2.24) is 10.6 Å². The van der Waals surface area contributed by atoms with Crippen molar-refractivity contribution in [2.45, 2.75) is 18.1 Å². The first-order valence-corrected chi connectivity index (χ1v) is 6.01. The van der Waals surface area contributed by atoms with Gasteiger partial charge in [0.2, 0.25) is 0 Å². The molecule has 2 aliphatic heterocycles. The minimum absolute atomic E-state index is 0.0282. The molecule has 2 atom stereocenters. The van der Waals surface area contributed by atoms with Crippen molar-refractivity contribution in [3.63, 3.8) is 0 Å². The van der Waals surface area contributed by atoms with Crippen LogP contribution in [0.2, 0.25) is 0 Å². The third-order valence-electron chi connectivity index (χ3n) is 3.64. The fourth-order valence-corrected chi connectivity index (χ4v) is 2.81. The molecule has 0 aromatic heterocycles. The maximum atomic E-state index is 6.07. The number of fused-ring (bicyclic) bond motifs is 1. The molecule has 2 aliphatic rings. The number of morpholine rings is 1. The van der Waals surface area contributed by atoms with Gasteiger partial charge in [0.15, 0.2) is 0 Å². The van der Waals surface area contributed by atoms with E-state index >= 15 is 0 Å². The van der Waals surface area contributed by atoms with Crippen LogP contribution >= 0.6 is 0 Å². The van der Waals surface area contributed by atoms with Gasteiger partial charge in [-0.3, -0.25) is 0 Å². The van der Waals surface area contributed by atoms with E-state index in [1.54, 1.807) is 0 Å². The number of hydrogen-bond donors (Lipinski definition) is 2. The highest BCUT2D eigenvalue weighted by atomic mass is 16.5. The van der Waals surface area contributed by atoms with Crippen LogP contribution in [0.3, 0.4) is 0 Å². The molecular weight excluding hydrogens is 200 g/mol. The lowest BCUT2D eigenvalue weighted by Gasteiger charge is -2.39. The fourth-order valence-electron chi connectivity index (χ4n) is 2.81. The monoisotopic (exact) mass is 218 g/mol. The molecule has 1 aromatic carbocycles. The van der Waals surface area contributed by atoms with E-state index in [0.29, 0.717) is 6.04 Å². The van der Waals surface area contributed by atoms with Gasteiger partial charge in [0, 0.05) is 26.1 Å². The molecule has 86 valence electrons. The molecule has 3 rings (SSSR count). The van der Waals surface area contributed by atoms with Gasteiger partial charge in [-0.1, -0.05) is 30.3 Å². The van der Waals surface area contributed by atoms with Gasteiger partial charge in [0.05, 0.1) is 12.6 Å². The Balaban J connectivity index is 1.81. The average Bonchev–Trinajstić information content (AvgIpc) is 2.73. The molecule has 0 spiro atoms. The van der Waals surface area contributed by atoms with E-state index in [-0.39, 0.29) is 5.60 Å². The van der Waals surface area contributed by atoms with Crippen molar-refractivity contribution in [3.8, 4) is 0 Å². The van der Waals surface area contributed by atoms with Crippen LogP contribution in [-0.2, 0) is 11.2 Å². The summed E-state index contributed by atoms with van der Waals surface area (Å²) in [6.07, 6.45) is 0.999. The predicted octanol–water partition coefficient (Wildman–Crippen LogP) is 0.559. The zero-order valence-electron chi connectivity index (χ0n) is 9.41. The van der Waals surface area contributed by atoms with E-state index in [1.807, 2.05) is 0 Å². The van der Waals surface area contributed by atoms with Gasteiger partial charge < -0.3 is 15.4 Å². The van der Waals surface area contributed by atoms with E-state index in [4.69, 9.17) is 4.74 Å². The first-order chi connectivity index (χ1) is 7.89. The van der Waals surface area contributed by atoms with Crippen LogP contribution < -0.4 is 10.6 Å². The molecule has 2 fully saturated rings. The third kappa shape index (κ3) is 1.75. The summed E-state index contributed by atoms with van der Waals surface area (Å²) in [5.41, 5.74) is 1.33. The van der Waals surface area contributed by atoms with Crippen LogP contribution in [0.15, 0.2) is 30.3 Å². The standard InChI is InChI=1S/C13H18N2O/c1-2-4-11(5-3-1)8-13-10-14-9-12(13)15-6-7-16-13/h1-5,12,14-15H,6-10H2. The second-order valence-electron chi connectivity index (χ2n) is 4.71. The molecule has 3 heteroatoms. The second-order valence-corrected chi connectivity index (χ2v) is 4.71. The lowest BCUT2D eigenvalue weighted by molar-refractivity contribution is -0.0718. The topological polar surface area (TPSA) is 33.3 Å². The molecule has 2 unspecified atom stereocenters. The first kappa shape index (κ1) is 10.3. The van der Waals surface area contributed by atoms with E-state index < -0.39 is 0 Å². The Morgan fingerprint density at radius 1 is 1.31 bits per heavy atom. The maximum absolute atomic E-state index is 6.07. The van der Waals surface area contributed by atoms with E-state index in [0.717, 1.165) is 32.7 Å². The lowest BCUT2D eigenvalue weighted by Crippen LogP contribution is -2.58. The van der Waals surface area contributed by atoms with Crippen LogP contribution in [0.4, 0.5) is 0 Å². The normalized spacial score (nSPS) is 33.6. The SMILES string of the molecule is c1ccc(CC23CNCC2NCCO3)cc1. The maximum Gasteiger partial charge on any atom is 0.101 e. The van der Waals surface area contributed by atoms with Gasteiger partial charge in [-0.05, 0) is 5.56 Å². The Morgan fingerprint density at radius 2 is 2.19 bits per heavy atom. The molecule has 0 radical (unpaired) electrons. The molecule has 2 N–H and O–H groups in total. The highest BCUT2D eigenvalue weighted by Crippen LogP contribution is 2.27. The summed E-state index contributed by atoms with van der Waals surface area (Å²) >= 11 is 0. The van der Waals surface area contributed by atoms with Gasteiger partial charge in [-0.25, -0.2) is 0 Å². The molecule has 16 heavy (non-hydrogen) atoms. The lowest BCUT2D eigenvalue weighted by atomic mass is 9.88. The van der Waals surface area contributed by atoms with Crippen LogP contribution in [0.1, 0.15) is 5.56 Å². The average molecular weight is 218 g/mol. The summed E-state index contributed by atoms with van der Waals surface area (Å²) in [6, 6.07) is 11.1. The van der Waals surface area contributed by atoms with Gasteiger partial charge in [0.1, 0.15) is 5.60 Å². The van der Waals surface area contributed by atoms with E-state index in [1.165, 1.54) is 5.56 Å². The summed E-state index contributed by atoms with van der Waals surface area (Å²) in [5, 5.41) is 6.99. The van der Waals surface area contributed by atoms with Crippen LogP contribution in [0.5, 0.6) is 0 Å². The van der Waals surface area contributed by atoms with Crippen molar-refractivity contribution in [1.29, 1.82) is 0 Å². The van der Waals surface area contributed by atoms with Crippen molar-refractivity contribution in [2.75, 3.05) is 26.2 Å². The van der Waals surface area contributed by atoms with Gasteiger partial charge >= 0.3 is 0 Å². The summed E-state index contributed by atoms with van der Waals surface area (Å²) in [7, 11) is 0. The fraction of sp³-hybridized carbons (Fsp3) is 0.538. The van der Waals surface area contributed by atoms with Gasteiger partial charge in [0.25, 0.3) is 0 Å². The van der Waals surface area contributed by atoms with Crippen molar-refractivity contribution < 1.29 is 4.74 Å². The zero-order chi connectivity index (χ0) is 10.8. The zero-order valence-corrected chi connectivity index (χ0v) is 9.41. The Hall–Kier alpha value is -0.900. The molecule has 2 saturated heterocycles. The molecule has 2 heterocycles. The summed E-state index contributed by atoms with van der Waals surface area (Å²) in [6.45, 7) is 3.78. The Kier molecular flexibility index (Phi) is 2.67. The summed E-state index contributed by atoms with van der Waals surface area (Å²) < 4.78 is 6.07. The second kappa shape index (κ2) is 4.17. The smallest absolute Gasteiger partial charge is 0.101 e. The Labute approximate surface area is 96.2 Å². The molecule has 0 aliphatic carbocycles. The van der Waals surface area contributed by atoms with Crippen molar-refractivity contribution in [2.24, 2.45) is 0 Å². The van der Waals surface area contributed by atoms with Crippen LogP contribution in [0.25, 0.3) is 0 Å². The molecule has 0 amide bonds. The number of rotatable bonds is 2.